The second-order valence-electron chi connectivity index (χ2n) is 4.94. The van der Waals surface area contributed by atoms with Crippen molar-refractivity contribution in [3.63, 3.8) is 0 Å². The van der Waals surface area contributed by atoms with Crippen LogP contribution in [0.2, 0.25) is 0 Å². The number of benzene rings is 2. The second kappa shape index (κ2) is 15.0. The Morgan fingerprint density at radius 1 is 0.625 bits per heavy atom. The molecule has 14 nitrogen and oxygen atoms in total. The molecule has 0 aliphatic carbocycles. The van der Waals surface area contributed by atoms with Crippen LogP contribution in [-0.2, 0) is 9.68 Å². The molecule has 156 valence electrons. The molecule has 0 unspecified atom stereocenters. The van der Waals surface area contributed by atoms with Crippen LogP contribution >= 0.6 is 0 Å². The van der Waals surface area contributed by atoms with E-state index in [1.165, 1.54) is 36.4 Å². The Labute approximate surface area is 221 Å². The zero-order valence-corrected chi connectivity index (χ0v) is 20.4. The zero-order valence-electron chi connectivity index (χ0n) is 16.4. The van der Waals surface area contributed by atoms with Gasteiger partial charge in [0.25, 0.3) is 0 Å². The minimum absolute atomic E-state index is 0. The van der Waals surface area contributed by atoms with Crippen molar-refractivity contribution in [3.05, 3.63) is 91.0 Å². The molecule has 16 heteroatoms. The molecule has 0 fully saturated rings. The van der Waals surface area contributed by atoms with E-state index in [4.69, 9.17) is 0 Å². The fraction of sp³-hybridized carbons (Fsp3) is 0. The Bertz CT molecular complexity index is 946. The van der Waals surface area contributed by atoms with E-state index in [1.54, 1.807) is 0 Å². The topological polar surface area (TPSA) is 219 Å². The fourth-order valence-electron chi connectivity index (χ4n) is 1.79. The summed E-state index contributed by atoms with van der Waals surface area (Å²) >= 11 is 0. The number of nitrogens with zero attached hydrogens (tertiary/aromatic N) is 2. The molecule has 0 saturated carbocycles. The van der Waals surface area contributed by atoms with Gasteiger partial charge in [0.15, 0.2) is 0 Å². The van der Waals surface area contributed by atoms with Gasteiger partial charge in [-0.25, -0.2) is 9.68 Å². The van der Waals surface area contributed by atoms with Crippen molar-refractivity contribution in [2.45, 2.75) is 0 Å². The van der Waals surface area contributed by atoms with E-state index in [2.05, 4.69) is 9.68 Å². The van der Waals surface area contributed by atoms with Crippen molar-refractivity contribution in [3.8, 4) is 0 Å². The maximum absolute atomic E-state index is 11.0. The first-order valence-electron chi connectivity index (χ1n) is 7.37. The third-order valence-electron chi connectivity index (χ3n) is 2.98. The SMILES string of the molecule is O=C([O-])c1cccc(C(=O)O[N+](=O)[O-])c1.O=C([O-])c1cccc(C(=O)O[N+](=O)[O-])c1.[Na+].[Na+]. The summed E-state index contributed by atoms with van der Waals surface area (Å²) in [5.41, 5.74) is -0.970. The normalized spacial score (nSPS) is 8.75. The van der Waals surface area contributed by atoms with Crippen LogP contribution in [0.1, 0.15) is 41.4 Å². The molecule has 0 heterocycles. The van der Waals surface area contributed by atoms with Crippen molar-refractivity contribution >= 4 is 23.9 Å². The largest absolute Gasteiger partial charge is 1.00 e. The molecule has 0 aliphatic heterocycles. The third kappa shape index (κ3) is 10.9. The van der Waals surface area contributed by atoms with Gasteiger partial charge in [0.2, 0.25) is 0 Å². The number of carbonyl (C=O) groups excluding carboxylic acids is 4. The van der Waals surface area contributed by atoms with E-state index < -0.39 is 34.1 Å². The number of carboxylic acids is 2. The first-order valence-corrected chi connectivity index (χ1v) is 7.37. The van der Waals surface area contributed by atoms with E-state index in [1.807, 2.05) is 0 Å². The Hall–Kier alpha value is -2.88. The number of hydrogen-bond donors (Lipinski definition) is 0. The number of rotatable bonds is 6. The Morgan fingerprint density at radius 3 is 1.16 bits per heavy atom. The molecule has 0 aromatic heterocycles. The van der Waals surface area contributed by atoms with Crippen LogP contribution in [0, 0.1) is 20.2 Å². The van der Waals surface area contributed by atoms with E-state index in [-0.39, 0.29) is 81.4 Å². The quantitative estimate of drug-likeness (QED) is 0.220. The second-order valence-corrected chi connectivity index (χ2v) is 4.94. The number of aromatic carboxylic acids is 2. The maximum atomic E-state index is 11.0. The van der Waals surface area contributed by atoms with Crippen LogP contribution in [-0.4, -0.2) is 34.1 Å². The first-order chi connectivity index (χ1) is 14.0. The van der Waals surface area contributed by atoms with Crippen LogP contribution < -0.4 is 69.3 Å². The molecule has 0 radical (unpaired) electrons. The molecule has 0 aliphatic rings. The van der Waals surface area contributed by atoms with Gasteiger partial charge >= 0.3 is 81.2 Å². The maximum Gasteiger partial charge on any atom is 1.00 e. The van der Waals surface area contributed by atoms with Gasteiger partial charge in [-0.1, -0.05) is 24.3 Å². The van der Waals surface area contributed by atoms with E-state index in [0.717, 1.165) is 12.1 Å². The van der Waals surface area contributed by atoms with Gasteiger partial charge in [0, 0.05) is 11.1 Å². The minimum Gasteiger partial charge on any atom is -0.545 e. The van der Waals surface area contributed by atoms with E-state index >= 15 is 0 Å². The summed E-state index contributed by atoms with van der Waals surface area (Å²) in [5.74, 6) is -5.43. The summed E-state index contributed by atoms with van der Waals surface area (Å²) in [7, 11) is 0. The molecule has 32 heavy (non-hydrogen) atoms. The molecule has 2 aromatic carbocycles. The zero-order chi connectivity index (χ0) is 22.8. The minimum atomic E-state index is -1.48. The van der Waals surface area contributed by atoms with Gasteiger partial charge in [0.05, 0.1) is 11.9 Å². The van der Waals surface area contributed by atoms with Crippen molar-refractivity contribution in [2.24, 2.45) is 0 Å². The van der Waals surface area contributed by atoms with Crippen LogP contribution in [0.15, 0.2) is 48.5 Å². The Kier molecular flexibility index (Phi) is 14.7. The van der Waals surface area contributed by atoms with Crippen LogP contribution in [0.5, 0.6) is 0 Å². The molecule has 2 aromatic rings. The van der Waals surface area contributed by atoms with Crippen LogP contribution in [0.3, 0.4) is 0 Å². The van der Waals surface area contributed by atoms with Gasteiger partial charge in [-0.15, -0.1) is 20.2 Å². The molecular weight excluding hydrogens is 458 g/mol. The molecule has 0 atom stereocenters. The first kappa shape index (κ1) is 31.3. The van der Waals surface area contributed by atoms with Crippen molar-refractivity contribution < 1.29 is 108 Å². The van der Waals surface area contributed by atoms with Gasteiger partial charge in [0.1, 0.15) is 0 Å². The summed E-state index contributed by atoms with van der Waals surface area (Å²) < 4.78 is 0. The van der Waals surface area contributed by atoms with Crippen molar-refractivity contribution in [1.29, 1.82) is 0 Å². The molecule has 0 amide bonds. The Balaban J connectivity index is 0. The number of carboxylic acid groups (broad SMARTS) is 2. The fourth-order valence-corrected chi connectivity index (χ4v) is 1.79. The molecule has 2 rings (SSSR count). The average molecular weight is 466 g/mol. The summed E-state index contributed by atoms with van der Waals surface area (Å²) in [6.07, 6.45) is 0. The van der Waals surface area contributed by atoms with Gasteiger partial charge in [-0.05, 0) is 35.4 Å². The van der Waals surface area contributed by atoms with Gasteiger partial charge in [-0.3, -0.25) is 9.59 Å². The van der Waals surface area contributed by atoms with Gasteiger partial charge < -0.3 is 19.8 Å². The standard InChI is InChI=1S/2C8H5NO6.2Na/c2*10-7(11)5-2-1-3-6(4-5)8(12)15-9(13)14;;/h2*1-4H,(H,10,11);;/q;;2*+1/p-2. The van der Waals surface area contributed by atoms with Crippen molar-refractivity contribution in [2.75, 3.05) is 0 Å². The summed E-state index contributed by atoms with van der Waals surface area (Å²) in [6, 6.07) is 9.14. The molecule has 0 N–H and O–H groups in total. The smallest absolute Gasteiger partial charge is 0.545 e. The van der Waals surface area contributed by atoms with E-state index in [0.29, 0.717) is 0 Å². The summed E-state index contributed by atoms with van der Waals surface area (Å²) in [5, 5.41) is 37.9. The molecule has 0 spiro atoms. The summed E-state index contributed by atoms with van der Waals surface area (Å²) in [4.78, 5) is 69.7. The number of hydrogen-bond acceptors (Lipinski definition) is 12. The predicted molar refractivity (Wildman–Crippen MR) is 86.4 cm³/mol. The third-order valence-corrected chi connectivity index (χ3v) is 2.98. The van der Waals surface area contributed by atoms with E-state index in [9.17, 15) is 49.6 Å². The number of carbonyl (C=O) groups is 4. The molecular formula is C16H8N2Na2O12. The van der Waals surface area contributed by atoms with Crippen molar-refractivity contribution in [1.82, 2.24) is 0 Å². The Morgan fingerprint density at radius 2 is 0.906 bits per heavy atom. The van der Waals surface area contributed by atoms with Crippen LogP contribution in [0.25, 0.3) is 0 Å². The molecule has 0 bridgehead atoms. The predicted octanol–water partition coefficient (Wildman–Crippen LogP) is -7.19. The average Bonchev–Trinajstić information content (AvgIpc) is 2.67. The van der Waals surface area contributed by atoms with Crippen LogP contribution in [0.4, 0.5) is 0 Å². The monoisotopic (exact) mass is 466 g/mol. The molecule has 0 saturated heterocycles. The van der Waals surface area contributed by atoms with Gasteiger partial charge in [-0.2, -0.15) is 0 Å². The summed E-state index contributed by atoms with van der Waals surface area (Å²) in [6.45, 7) is 0.